The normalized spacial score (nSPS) is 21.4. The van der Waals surface area contributed by atoms with Crippen LogP contribution in [0.25, 0.3) is 10.8 Å². The van der Waals surface area contributed by atoms with Gasteiger partial charge in [-0.1, -0.05) is 30.3 Å². The molecule has 224 valence electrons. The van der Waals surface area contributed by atoms with Crippen LogP contribution >= 0.6 is 11.6 Å². The number of carbonyl (C=O) groups is 2. The standard InChI is InChI=1S/C32H35ClF3N3O3/c1-19(2)42-30(41)38-17-31(18-38)28(33)23-15-21-9-4-3-8-20(21)14-22(23)24(29(31)40)16-27-37-25-10-5-6-11-26(25)39(27)13-7-12-32(34,35)36/h3-4,8-9,14-15,19,24,28H,5-7,10-13,16-18H2,1-2H3. The summed E-state index contributed by atoms with van der Waals surface area (Å²) in [6.45, 7) is 4.07. The lowest BCUT2D eigenvalue weighted by atomic mass is 9.61. The average molecular weight is 602 g/mol. The Labute approximate surface area is 248 Å². The van der Waals surface area contributed by atoms with Crippen LogP contribution in [0, 0.1) is 5.41 Å². The number of hydrogen-bond acceptors (Lipinski definition) is 4. The highest BCUT2D eigenvalue weighted by Crippen LogP contribution is 2.56. The van der Waals surface area contributed by atoms with Gasteiger partial charge in [0, 0.05) is 38.2 Å². The molecule has 10 heteroatoms. The van der Waals surface area contributed by atoms with Crippen molar-refractivity contribution < 1.29 is 27.5 Å². The molecule has 0 radical (unpaired) electrons. The number of imidazole rings is 1. The molecule has 6 rings (SSSR count). The van der Waals surface area contributed by atoms with Gasteiger partial charge >= 0.3 is 12.3 Å². The molecule has 1 spiro atoms. The molecule has 1 aliphatic heterocycles. The van der Waals surface area contributed by atoms with E-state index in [4.69, 9.17) is 21.3 Å². The molecule has 2 unspecified atom stereocenters. The Kier molecular flexibility index (Phi) is 7.52. The Morgan fingerprint density at radius 3 is 2.45 bits per heavy atom. The molecule has 1 aromatic heterocycles. The van der Waals surface area contributed by atoms with E-state index >= 15 is 0 Å². The number of likely N-dealkylation sites (tertiary alicyclic amines) is 1. The summed E-state index contributed by atoms with van der Waals surface area (Å²) >= 11 is 7.14. The van der Waals surface area contributed by atoms with Gasteiger partial charge in [0.15, 0.2) is 5.78 Å². The van der Waals surface area contributed by atoms with Gasteiger partial charge in [0.25, 0.3) is 0 Å². The van der Waals surface area contributed by atoms with Gasteiger partial charge in [0.2, 0.25) is 0 Å². The molecule has 6 nitrogen and oxygen atoms in total. The van der Waals surface area contributed by atoms with Gasteiger partial charge in [-0.25, -0.2) is 9.78 Å². The maximum atomic E-state index is 14.5. The van der Waals surface area contributed by atoms with Gasteiger partial charge < -0.3 is 14.2 Å². The molecule has 1 fully saturated rings. The molecule has 1 saturated heterocycles. The number of Topliss-reactive ketones (excluding diaryl/α,β-unsaturated/α-hetero) is 1. The molecule has 2 aliphatic carbocycles. The van der Waals surface area contributed by atoms with Gasteiger partial charge in [0.05, 0.1) is 28.5 Å². The molecule has 2 atom stereocenters. The zero-order valence-corrected chi connectivity index (χ0v) is 24.6. The third kappa shape index (κ3) is 5.18. The van der Waals surface area contributed by atoms with E-state index in [9.17, 15) is 22.8 Å². The summed E-state index contributed by atoms with van der Waals surface area (Å²) < 4.78 is 46.5. The van der Waals surface area contributed by atoms with Crippen LogP contribution in [-0.2, 0) is 35.3 Å². The van der Waals surface area contributed by atoms with Gasteiger partial charge in [-0.05, 0) is 73.9 Å². The molecule has 2 heterocycles. The van der Waals surface area contributed by atoms with Crippen LogP contribution in [-0.4, -0.2) is 51.7 Å². The molecule has 3 aliphatic rings. The lowest BCUT2D eigenvalue weighted by molar-refractivity contribution is -0.141. The monoisotopic (exact) mass is 601 g/mol. The Morgan fingerprint density at radius 2 is 1.79 bits per heavy atom. The Balaban J connectivity index is 1.39. The minimum atomic E-state index is -4.23. The fraction of sp³-hybridized carbons (Fsp3) is 0.531. The lowest BCUT2D eigenvalue weighted by Crippen LogP contribution is -2.66. The smallest absolute Gasteiger partial charge is 0.410 e. The van der Waals surface area contributed by atoms with Crippen molar-refractivity contribution in [3.63, 3.8) is 0 Å². The summed E-state index contributed by atoms with van der Waals surface area (Å²) in [5.74, 6) is 0.00916. The van der Waals surface area contributed by atoms with E-state index in [1.807, 2.05) is 41.0 Å². The second-order valence-corrected chi connectivity index (χ2v) is 12.7. The number of aromatic nitrogens is 2. The molecule has 3 aromatic rings. The van der Waals surface area contributed by atoms with Crippen molar-refractivity contribution >= 4 is 34.2 Å². The molecule has 42 heavy (non-hydrogen) atoms. The minimum Gasteiger partial charge on any atom is -0.447 e. The largest absolute Gasteiger partial charge is 0.447 e. The van der Waals surface area contributed by atoms with E-state index in [1.165, 1.54) is 4.90 Å². The number of alkyl halides is 4. The summed E-state index contributed by atoms with van der Waals surface area (Å²) in [4.78, 5) is 33.6. The maximum Gasteiger partial charge on any atom is 0.410 e. The Morgan fingerprint density at radius 1 is 1.12 bits per heavy atom. The number of hydrogen-bond donors (Lipinski definition) is 0. The molecule has 0 saturated carbocycles. The van der Waals surface area contributed by atoms with Gasteiger partial charge in [0.1, 0.15) is 5.82 Å². The molecule has 1 amide bonds. The third-order valence-corrected chi connectivity index (χ3v) is 9.63. The van der Waals surface area contributed by atoms with Gasteiger partial charge in [-0.15, -0.1) is 11.6 Å². The van der Waals surface area contributed by atoms with Crippen LogP contribution in [0.3, 0.4) is 0 Å². The Hall–Kier alpha value is -3.07. The van der Waals surface area contributed by atoms with E-state index in [2.05, 4.69) is 0 Å². The highest BCUT2D eigenvalue weighted by molar-refractivity contribution is 6.25. The van der Waals surface area contributed by atoms with Crippen molar-refractivity contribution in [2.45, 2.75) is 88.9 Å². The first-order valence-corrected chi connectivity index (χ1v) is 15.2. The highest BCUT2D eigenvalue weighted by atomic mass is 35.5. The fourth-order valence-corrected chi connectivity index (χ4v) is 7.40. The van der Waals surface area contributed by atoms with E-state index in [1.54, 1.807) is 13.8 Å². The highest BCUT2D eigenvalue weighted by Gasteiger charge is 2.61. The number of halogens is 4. The topological polar surface area (TPSA) is 64.4 Å². The number of aryl methyl sites for hydroxylation is 1. The SMILES string of the molecule is CC(C)OC(=O)N1CC2(C1)C(=O)C(Cc1nc3c(n1CCCC(F)(F)F)CCCC3)c1cc3ccccc3cc1C2Cl. The van der Waals surface area contributed by atoms with E-state index < -0.39 is 35.4 Å². The second kappa shape index (κ2) is 10.9. The number of nitrogens with zero attached hydrogens (tertiary/aromatic N) is 3. The minimum absolute atomic E-state index is 0.0419. The number of rotatable bonds is 6. The lowest BCUT2D eigenvalue weighted by Gasteiger charge is -2.54. The number of ketones is 1. The van der Waals surface area contributed by atoms with Gasteiger partial charge in [-0.2, -0.15) is 13.2 Å². The number of carbonyl (C=O) groups excluding carboxylic acids is 2. The third-order valence-electron chi connectivity index (χ3n) is 8.97. The van der Waals surface area contributed by atoms with Crippen molar-refractivity contribution in [2.24, 2.45) is 5.41 Å². The van der Waals surface area contributed by atoms with Crippen LogP contribution in [0.15, 0.2) is 36.4 Å². The summed E-state index contributed by atoms with van der Waals surface area (Å²) in [5.41, 5.74) is 2.63. The van der Waals surface area contributed by atoms with Gasteiger partial charge in [-0.3, -0.25) is 4.79 Å². The van der Waals surface area contributed by atoms with Crippen LogP contribution in [0.4, 0.5) is 18.0 Å². The van der Waals surface area contributed by atoms with Crippen LogP contribution in [0.2, 0.25) is 0 Å². The van der Waals surface area contributed by atoms with Crippen molar-refractivity contribution in [1.82, 2.24) is 14.5 Å². The number of amides is 1. The summed E-state index contributed by atoms with van der Waals surface area (Å²) in [6, 6.07) is 12.0. The van der Waals surface area contributed by atoms with Crippen molar-refractivity contribution in [3.8, 4) is 0 Å². The van der Waals surface area contributed by atoms with Crippen LogP contribution in [0.1, 0.15) is 79.2 Å². The summed E-state index contributed by atoms with van der Waals surface area (Å²) in [7, 11) is 0. The van der Waals surface area contributed by atoms with Crippen molar-refractivity contribution in [3.05, 3.63) is 64.7 Å². The molecule has 0 N–H and O–H groups in total. The second-order valence-electron chi connectivity index (χ2n) is 12.3. The fourth-order valence-electron chi connectivity index (χ4n) is 6.96. The quantitative estimate of drug-likeness (QED) is 0.278. The number of benzene rings is 2. The Bertz CT molecular complexity index is 1530. The first-order chi connectivity index (χ1) is 20.0. The van der Waals surface area contributed by atoms with E-state index in [-0.39, 0.29) is 44.4 Å². The number of fused-ring (bicyclic) bond motifs is 3. The predicted molar refractivity (Wildman–Crippen MR) is 154 cm³/mol. The molecular formula is C32H35ClF3N3O3. The zero-order valence-electron chi connectivity index (χ0n) is 23.8. The first kappa shape index (κ1) is 29.0. The summed E-state index contributed by atoms with van der Waals surface area (Å²) in [6.07, 6.45) is -2.11. The predicted octanol–water partition coefficient (Wildman–Crippen LogP) is 7.29. The van der Waals surface area contributed by atoms with Crippen molar-refractivity contribution in [1.29, 1.82) is 0 Å². The molecular weight excluding hydrogens is 567 g/mol. The van der Waals surface area contributed by atoms with Crippen molar-refractivity contribution in [2.75, 3.05) is 13.1 Å². The van der Waals surface area contributed by atoms with Crippen LogP contribution in [0.5, 0.6) is 0 Å². The maximum absolute atomic E-state index is 14.5. The molecule has 2 aromatic carbocycles. The zero-order chi connectivity index (χ0) is 29.8. The average Bonchev–Trinajstić information content (AvgIpc) is 3.25. The number of ether oxygens (including phenoxy) is 1. The van der Waals surface area contributed by atoms with E-state index in [0.29, 0.717) is 5.82 Å². The first-order valence-electron chi connectivity index (χ1n) is 14.8. The summed E-state index contributed by atoms with van der Waals surface area (Å²) in [5, 5.41) is 1.35. The van der Waals surface area contributed by atoms with Crippen LogP contribution < -0.4 is 0 Å². The van der Waals surface area contributed by atoms with E-state index in [0.717, 1.165) is 59.0 Å². The molecule has 0 bridgehead atoms.